The van der Waals surface area contributed by atoms with Crippen LogP contribution in [0, 0.1) is 12.7 Å². The lowest BCUT2D eigenvalue weighted by atomic mass is 10.3. The van der Waals surface area contributed by atoms with Crippen LogP contribution < -0.4 is 15.0 Å². The smallest absolute Gasteiger partial charge is 0.243 e. The van der Waals surface area contributed by atoms with Gasteiger partial charge in [0.2, 0.25) is 16.0 Å². The molecule has 2 heterocycles. The van der Waals surface area contributed by atoms with Crippen LogP contribution in [0.3, 0.4) is 0 Å². The second kappa shape index (κ2) is 11.7. The summed E-state index contributed by atoms with van der Waals surface area (Å²) in [6, 6.07) is 14.5. The minimum atomic E-state index is -3.61. The number of piperazine rings is 1. The summed E-state index contributed by atoms with van der Waals surface area (Å²) in [6.07, 6.45) is 3.21. The first-order valence-electron chi connectivity index (χ1n) is 12.2. The first-order chi connectivity index (χ1) is 17.3. The van der Waals surface area contributed by atoms with E-state index >= 15 is 0 Å². The summed E-state index contributed by atoms with van der Waals surface area (Å²) in [5.41, 5.74) is 1.49. The van der Waals surface area contributed by atoms with Gasteiger partial charge in [-0.15, -0.1) is 0 Å². The summed E-state index contributed by atoms with van der Waals surface area (Å²) in [7, 11) is -3.61. The topological polar surface area (TPSA) is 87.7 Å². The molecule has 4 rings (SSSR count). The van der Waals surface area contributed by atoms with Crippen molar-refractivity contribution < 1.29 is 17.5 Å². The molecule has 0 atom stereocenters. The quantitative estimate of drug-likeness (QED) is 0.392. The van der Waals surface area contributed by atoms with Gasteiger partial charge >= 0.3 is 0 Å². The Morgan fingerprint density at radius 2 is 1.67 bits per heavy atom. The molecule has 0 unspecified atom stereocenters. The average molecular weight is 514 g/mol. The lowest BCUT2D eigenvalue weighted by Crippen LogP contribution is -2.49. The molecule has 1 aliphatic rings. The molecular formula is C26H32FN5O3S. The second-order valence-corrected chi connectivity index (χ2v) is 10.7. The Hall–Kier alpha value is -3.24. The van der Waals surface area contributed by atoms with Crippen LogP contribution in [0.25, 0.3) is 0 Å². The highest BCUT2D eigenvalue weighted by Gasteiger charge is 2.29. The number of ether oxygens (including phenoxy) is 1. The van der Waals surface area contributed by atoms with E-state index in [2.05, 4.69) is 22.2 Å². The van der Waals surface area contributed by atoms with Crippen LogP contribution in [0.15, 0.2) is 59.5 Å². The minimum Gasteiger partial charge on any atom is -0.494 e. The highest BCUT2D eigenvalue weighted by molar-refractivity contribution is 7.89. The van der Waals surface area contributed by atoms with Crippen LogP contribution in [0.5, 0.6) is 5.75 Å². The normalized spacial score (nSPS) is 14.6. The molecule has 8 nitrogen and oxygen atoms in total. The highest BCUT2D eigenvalue weighted by Crippen LogP contribution is 2.24. The molecular weight excluding hydrogens is 481 g/mol. The second-order valence-electron chi connectivity index (χ2n) is 8.74. The molecule has 1 fully saturated rings. The number of benzene rings is 2. The summed E-state index contributed by atoms with van der Waals surface area (Å²) >= 11 is 0. The summed E-state index contributed by atoms with van der Waals surface area (Å²) in [5, 5.41) is 3.17. The number of anilines is 3. The van der Waals surface area contributed by atoms with Crippen molar-refractivity contribution in [3.63, 3.8) is 0 Å². The van der Waals surface area contributed by atoms with E-state index in [1.807, 2.05) is 17.9 Å². The van der Waals surface area contributed by atoms with Crippen molar-refractivity contribution in [1.82, 2.24) is 14.3 Å². The summed E-state index contributed by atoms with van der Waals surface area (Å²) in [5.74, 6) is 1.49. The molecule has 1 N–H and O–H groups in total. The number of aryl methyl sites for hydroxylation is 1. The Balaban J connectivity index is 1.37. The van der Waals surface area contributed by atoms with Crippen LogP contribution >= 0.6 is 0 Å². The van der Waals surface area contributed by atoms with Gasteiger partial charge in [0.15, 0.2) is 0 Å². The number of halogens is 1. The molecule has 10 heteroatoms. The van der Waals surface area contributed by atoms with Crippen LogP contribution in [-0.4, -0.2) is 55.5 Å². The maximum absolute atomic E-state index is 13.2. The Morgan fingerprint density at radius 3 is 2.33 bits per heavy atom. The minimum absolute atomic E-state index is 0.259. The zero-order valence-corrected chi connectivity index (χ0v) is 21.5. The van der Waals surface area contributed by atoms with Gasteiger partial charge in [-0.2, -0.15) is 9.29 Å². The van der Waals surface area contributed by atoms with Gasteiger partial charge in [-0.25, -0.2) is 17.8 Å². The first kappa shape index (κ1) is 25.8. The number of sulfonamides is 1. The SMILES string of the molecule is CCCCCOc1ccc(S(=O)(=O)N2CCN(c3nc(C)cc(Nc4ccc(F)cc4)n3)CC2)cc1. The zero-order chi connectivity index (χ0) is 25.5. The number of hydrogen-bond acceptors (Lipinski definition) is 7. The van der Waals surface area contributed by atoms with E-state index in [-0.39, 0.29) is 10.7 Å². The molecule has 0 spiro atoms. The predicted octanol–water partition coefficient (Wildman–Crippen LogP) is 4.75. The van der Waals surface area contributed by atoms with E-state index in [0.29, 0.717) is 56.0 Å². The summed E-state index contributed by atoms with van der Waals surface area (Å²) in [6.45, 7) is 6.24. The fourth-order valence-corrected chi connectivity index (χ4v) is 5.39. The van der Waals surface area contributed by atoms with Crippen molar-refractivity contribution in [3.8, 4) is 5.75 Å². The van der Waals surface area contributed by atoms with E-state index in [1.165, 1.54) is 16.4 Å². The van der Waals surface area contributed by atoms with Crippen LogP contribution in [0.2, 0.25) is 0 Å². The molecule has 1 aromatic heterocycles. The lowest BCUT2D eigenvalue weighted by Gasteiger charge is -2.34. The van der Waals surface area contributed by atoms with E-state index < -0.39 is 10.0 Å². The van der Waals surface area contributed by atoms with Crippen molar-refractivity contribution >= 4 is 27.5 Å². The molecule has 3 aromatic rings. The Kier molecular flexibility index (Phi) is 8.37. The Labute approximate surface area is 212 Å². The van der Waals surface area contributed by atoms with Gasteiger partial charge in [0.1, 0.15) is 17.4 Å². The third-order valence-electron chi connectivity index (χ3n) is 5.96. The molecule has 0 saturated carbocycles. The number of aromatic nitrogens is 2. The molecule has 36 heavy (non-hydrogen) atoms. The van der Waals surface area contributed by atoms with Gasteiger partial charge in [-0.1, -0.05) is 19.8 Å². The number of rotatable bonds is 10. The van der Waals surface area contributed by atoms with Gasteiger partial charge in [-0.05, 0) is 61.9 Å². The van der Waals surface area contributed by atoms with Crippen molar-refractivity contribution in [1.29, 1.82) is 0 Å². The van der Waals surface area contributed by atoms with Crippen molar-refractivity contribution in [2.75, 3.05) is 43.0 Å². The third kappa shape index (κ3) is 6.50. The largest absolute Gasteiger partial charge is 0.494 e. The van der Waals surface area contributed by atoms with Crippen molar-refractivity contribution in [2.45, 2.75) is 38.0 Å². The fourth-order valence-electron chi connectivity index (χ4n) is 3.97. The number of unbranched alkanes of at least 4 members (excludes halogenated alkanes) is 2. The van der Waals surface area contributed by atoms with Crippen molar-refractivity contribution in [2.24, 2.45) is 0 Å². The summed E-state index contributed by atoms with van der Waals surface area (Å²) < 4.78 is 46.7. The molecule has 0 bridgehead atoms. The molecule has 0 radical (unpaired) electrons. The van der Waals surface area contributed by atoms with Crippen LogP contribution in [-0.2, 0) is 10.0 Å². The molecule has 1 aliphatic heterocycles. The summed E-state index contributed by atoms with van der Waals surface area (Å²) in [4.78, 5) is 11.4. The van der Waals surface area contributed by atoms with E-state index in [1.54, 1.807) is 36.4 Å². The van der Waals surface area contributed by atoms with E-state index in [9.17, 15) is 12.8 Å². The monoisotopic (exact) mass is 513 g/mol. The highest BCUT2D eigenvalue weighted by atomic mass is 32.2. The van der Waals surface area contributed by atoms with Crippen molar-refractivity contribution in [3.05, 3.63) is 66.1 Å². The average Bonchev–Trinajstić information content (AvgIpc) is 2.88. The van der Waals surface area contributed by atoms with Crippen LogP contribution in [0.1, 0.15) is 31.9 Å². The predicted molar refractivity (Wildman–Crippen MR) is 139 cm³/mol. The molecule has 192 valence electrons. The maximum atomic E-state index is 13.2. The molecule has 2 aromatic carbocycles. The molecule has 0 amide bonds. The van der Waals surface area contributed by atoms with Crippen LogP contribution in [0.4, 0.5) is 21.8 Å². The van der Waals surface area contributed by atoms with Gasteiger partial charge in [0.25, 0.3) is 0 Å². The standard InChI is InChI=1S/C26H32FN5O3S/c1-3-4-5-18-35-23-10-12-24(13-11-23)36(33,34)32-16-14-31(15-17-32)26-28-20(2)19-25(30-26)29-22-8-6-21(27)7-9-22/h6-13,19H,3-5,14-18H2,1-2H3,(H,28,29,30). The lowest BCUT2D eigenvalue weighted by molar-refractivity contribution is 0.306. The maximum Gasteiger partial charge on any atom is 0.243 e. The Morgan fingerprint density at radius 1 is 0.972 bits per heavy atom. The molecule has 1 saturated heterocycles. The number of hydrogen-bond donors (Lipinski definition) is 1. The Bertz CT molecular complexity index is 1250. The van der Waals surface area contributed by atoms with Gasteiger partial charge in [0, 0.05) is 43.6 Å². The third-order valence-corrected chi connectivity index (χ3v) is 7.87. The van der Waals surface area contributed by atoms with E-state index in [0.717, 1.165) is 25.0 Å². The number of nitrogens with one attached hydrogen (secondary N) is 1. The fraction of sp³-hybridized carbons (Fsp3) is 0.385. The number of nitrogens with zero attached hydrogens (tertiary/aromatic N) is 4. The van der Waals surface area contributed by atoms with Gasteiger partial charge in [0.05, 0.1) is 11.5 Å². The van der Waals surface area contributed by atoms with E-state index in [4.69, 9.17) is 4.74 Å². The first-order valence-corrected chi connectivity index (χ1v) is 13.7. The zero-order valence-electron chi connectivity index (χ0n) is 20.7. The molecule has 0 aliphatic carbocycles. The van der Waals surface area contributed by atoms with Gasteiger partial charge in [-0.3, -0.25) is 0 Å². The van der Waals surface area contributed by atoms with Gasteiger partial charge < -0.3 is 15.0 Å².